The third-order valence-corrected chi connectivity index (χ3v) is 3.12. The van der Waals surface area contributed by atoms with Gasteiger partial charge in [-0.05, 0) is 24.6 Å². The van der Waals surface area contributed by atoms with Gasteiger partial charge in [0.15, 0.2) is 0 Å². The zero-order valence-electron chi connectivity index (χ0n) is 8.72. The Labute approximate surface area is 107 Å². The molecule has 1 aromatic carbocycles. The molecule has 5 heteroatoms. The maximum absolute atomic E-state index is 6.09. The SMILES string of the molecule is Cc1ccc(Br)cc1-c1nc(CN)[nH]c1Cl. The van der Waals surface area contributed by atoms with Gasteiger partial charge in [0.05, 0.1) is 6.54 Å². The van der Waals surface area contributed by atoms with Crippen molar-refractivity contribution in [2.45, 2.75) is 13.5 Å². The van der Waals surface area contributed by atoms with Crippen LogP contribution in [0.3, 0.4) is 0 Å². The van der Waals surface area contributed by atoms with Gasteiger partial charge in [-0.1, -0.05) is 33.6 Å². The summed E-state index contributed by atoms with van der Waals surface area (Å²) in [5.41, 5.74) is 8.40. The fourth-order valence-electron chi connectivity index (χ4n) is 1.52. The van der Waals surface area contributed by atoms with E-state index in [0.717, 1.165) is 21.3 Å². The topological polar surface area (TPSA) is 54.7 Å². The number of nitrogens with zero attached hydrogens (tertiary/aromatic N) is 1. The average Bonchev–Trinajstić information content (AvgIpc) is 2.63. The Morgan fingerprint density at radius 2 is 2.25 bits per heavy atom. The predicted octanol–water partition coefficient (Wildman–Crippen LogP) is 3.26. The van der Waals surface area contributed by atoms with E-state index in [4.69, 9.17) is 17.3 Å². The summed E-state index contributed by atoms with van der Waals surface area (Å²) in [6.07, 6.45) is 0. The summed E-state index contributed by atoms with van der Waals surface area (Å²) in [5.74, 6) is 0.694. The Kier molecular flexibility index (Phi) is 3.33. The molecule has 2 aromatic rings. The molecule has 0 fully saturated rings. The van der Waals surface area contributed by atoms with Gasteiger partial charge in [-0.15, -0.1) is 0 Å². The molecule has 3 N–H and O–H groups in total. The highest BCUT2D eigenvalue weighted by Gasteiger charge is 2.12. The molecule has 0 bridgehead atoms. The molecule has 0 saturated carbocycles. The minimum atomic E-state index is 0.354. The highest BCUT2D eigenvalue weighted by molar-refractivity contribution is 9.10. The van der Waals surface area contributed by atoms with Crippen LogP contribution in [-0.2, 0) is 6.54 Å². The average molecular weight is 301 g/mol. The maximum Gasteiger partial charge on any atom is 0.134 e. The van der Waals surface area contributed by atoms with E-state index in [2.05, 4.69) is 25.9 Å². The number of H-pyrrole nitrogens is 1. The minimum absolute atomic E-state index is 0.354. The molecule has 0 spiro atoms. The van der Waals surface area contributed by atoms with Crippen LogP contribution in [0.4, 0.5) is 0 Å². The second-order valence-electron chi connectivity index (χ2n) is 3.51. The van der Waals surface area contributed by atoms with E-state index < -0.39 is 0 Å². The number of hydrogen-bond acceptors (Lipinski definition) is 2. The Bertz CT molecular complexity index is 522. The molecule has 2 rings (SSSR count). The number of hydrogen-bond donors (Lipinski definition) is 2. The molecule has 1 heterocycles. The highest BCUT2D eigenvalue weighted by Crippen LogP contribution is 2.30. The van der Waals surface area contributed by atoms with Crippen LogP contribution < -0.4 is 5.73 Å². The lowest BCUT2D eigenvalue weighted by atomic mass is 10.1. The summed E-state index contributed by atoms with van der Waals surface area (Å²) in [7, 11) is 0. The molecule has 0 aliphatic carbocycles. The smallest absolute Gasteiger partial charge is 0.134 e. The zero-order chi connectivity index (χ0) is 11.7. The van der Waals surface area contributed by atoms with Gasteiger partial charge in [0.25, 0.3) is 0 Å². The lowest BCUT2D eigenvalue weighted by Crippen LogP contribution is -1.97. The van der Waals surface area contributed by atoms with Crippen LogP contribution >= 0.6 is 27.5 Å². The molecule has 0 aliphatic rings. The van der Waals surface area contributed by atoms with Crippen molar-refractivity contribution in [3.63, 3.8) is 0 Å². The van der Waals surface area contributed by atoms with Gasteiger partial charge < -0.3 is 10.7 Å². The molecular weight excluding hydrogens is 289 g/mol. The van der Waals surface area contributed by atoms with E-state index in [9.17, 15) is 0 Å². The standard InChI is InChI=1S/C11H11BrClN3/c1-6-2-3-7(12)4-8(6)10-11(13)16-9(5-14)15-10/h2-4H,5,14H2,1H3,(H,15,16). The second-order valence-corrected chi connectivity index (χ2v) is 4.80. The number of halogens is 2. The van der Waals surface area contributed by atoms with Crippen molar-refractivity contribution in [3.8, 4) is 11.3 Å². The molecule has 16 heavy (non-hydrogen) atoms. The number of nitrogens with one attached hydrogen (secondary N) is 1. The molecule has 84 valence electrons. The maximum atomic E-state index is 6.09. The summed E-state index contributed by atoms with van der Waals surface area (Å²) in [6.45, 7) is 2.38. The van der Waals surface area contributed by atoms with E-state index in [0.29, 0.717) is 17.5 Å². The number of aromatic amines is 1. The quantitative estimate of drug-likeness (QED) is 0.894. The van der Waals surface area contributed by atoms with Crippen LogP contribution in [0.1, 0.15) is 11.4 Å². The Morgan fingerprint density at radius 3 is 2.88 bits per heavy atom. The van der Waals surface area contributed by atoms with Crippen LogP contribution in [0.25, 0.3) is 11.3 Å². The largest absolute Gasteiger partial charge is 0.331 e. The van der Waals surface area contributed by atoms with Gasteiger partial charge in [0, 0.05) is 10.0 Å². The number of aromatic nitrogens is 2. The van der Waals surface area contributed by atoms with Gasteiger partial charge in [0.2, 0.25) is 0 Å². The van der Waals surface area contributed by atoms with Gasteiger partial charge in [-0.3, -0.25) is 0 Å². The van der Waals surface area contributed by atoms with Crippen LogP contribution in [0.15, 0.2) is 22.7 Å². The van der Waals surface area contributed by atoms with E-state index in [1.165, 1.54) is 0 Å². The lowest BCUT2D eigenvalue weighted by molar-refractivity contribution is 0.950. The van der Waals surface area contributed by atoms with E-state index in [1.54, 1.807) is 0 Å². The van der Waals surface area contributed by atoms with Crippen molar-refractivity contribution in [1.82, 2.24) is 9.97 Å². The first-order valence-electron chi connectivity index (χ1n) is 4.83. The van der Waals surface area contributed by atoms with E-state index >= 15 is 0 Å². The number of benzene rings is 1. The number of rotatable bonds is 2. The van der Waals surface area contributed by atoms with Crippen molar-refractivity contribution in [1.29, 1.82) is 0 Å². The van der Waals surface area contributed by atoms with Crippen molar-refractivity contribution in [2.75, 3.05) is 0 Å². The molecule has 1 aromatic heterocycles. The summed E-state index contributed by atoms with van der Waals surface area (Å²) in [5, 5.41) is 0.529. The van der Waals surface area contributed by atoms with Gasteiger partial charge in [0.1, 0.15) is 16.7 Å². The molecule has 0 amide bonds. The second kappa shape index (κ2) is 4.57. The molecule has 3 nitrogen and oxygen atoms in total. The summed E-state index contributed by atoms with van der Waals surface area (Å²) < 4.78 is 1.00. The Balaban J connectivity index is 2.57. The number of aryl methyl sites for hydroxylation is 1. The predicted molar refractivity (Wildman–Crippen MR) is 69.4 cm³/mol. The minimum Gasteiger partial charge on any atom is -0.331 e. The van der Waals surface area contributed by atoms with E-state index in [1.807, 2.05) is 25.1 Å². The Hall–Kier alpha value is -0.840. The lowest BCUT2D eigenvalue weighted by Gasteiger charge is -2.03. The van der Waals surface area contributed by atoms with Crippen LogP contribution in [0.2, 0.25) is 5.15 Å². The molecular formula is C11H11BrClN3. The fourth-order valence-corrected chi connectivity index (χ4v) is 2.14. The van der Waals surface area contributed by atoms with Crippen LogP contribution in [-0.4, -0.2) is 9.97 Å². The summed E-state index contributed by atoms with van der Waals surface area (Å²) in [4.78, 5) is 7.32. The van der Waals surface area contributed by atoms with Crippen LogP contribution in [0, 0.1) is 6.92 Å². The summed E-state index contributed by atoms with van der Waals surface area (Å²) in [6, 6.07) is 6.01. The van der Waals surface area contributed by atoms with Crippen LogP contribution in [0.5, 0.6) is 0 Å². The normalized spacial score (nSPS) is 10.8. The third-order valence-electron chi connectivity index (χ3n) is 2.36. The fraction of sp³-hybridized carbons (Fsp3) is 0.182. The number of imidazole rings is 1. The first kappa shape index (κ1) is 11.6. The molecule has 0 aliphatic heterocycles. The van der Waals surface area contributed by atoms with E-state index in [-0.39, 0.29) is 0 Å². The summed E-state index contributed by atoms with van der Waals surface area (Å²) >= 11 is 9.53. The molecule has 0 saturated heterocycles. The van der Waals surface area contributed by atoms with Gasteiger partial charge in [-0.2, -0.15) is 0 Å². The van der Waals surface area contributed by atoms with Crippen molar-refractivity contribution in [3.05, 3.63) is 39.2 Å². The zero-order valence-corrected chi connectivity index (χ0v) is 11.1. The van der Waals surface area contributed by atoms with Gasteiger partial charge in [-0.25, -0.2) is 4.98 Å². The first-order chi connectivity index (χ1) is 7.61. The molecule has 0 radical (unpaired) electrons. The van der Waals surface area contributed by atoms with Crippen molar-refractivity contribution in [2.24, 2.45) is 5.73 Å². The number of nitrogens with two attached hydrogens (primary N) is 1. The third kappa shape index (κ3) is 2.14. The monoisotopic (exact) mass is 299 g/mol. The highest BCUT2D eigenvalue weighted by atomic mass is 79.9. The van der Waals surface area contributed by atoms with Gasteiger partial charge >= 0.3 is 0 Å². The first-order valence-corrected chi connectivity index (χ1v) is 6.00. The molecule has 0 unspecified atom stereocenters. The van der Waals surface area contributed by atoms with Crippen molar-refractivity contribution >= 4 is 27.5 Å². The Morgan fingerprint density at radius 1 is 1.50 bits per heavy atom. The molecule has 0 atom stereocenters. The van der Waals surface area contributed by atoms with Crippen molar-refractivity contribution < 1.29 is 0 Å².